The molecule has 4 rings (SSSR count). The topological polar surface area (TPSA) is 148 Å². The minimum Gasteiger partial charge on any atom is -1.00 e. The number of nitrogens with one attached hydrogen (secondary N) is 2. The second-order valence-corrected chi connectivity index (χ2v) is 11.8. The molecular formula is C22H26N3NaO6S2. The first-order valence-electron chi connectivity index (χ1n) is 10.2. The standard InChI is InChI=1S/C22H25N3O6S2.Na.H/c1-4-11-22(2)15-8-6-5-7-14(15)19(26)18(20(22)27)21-23-16-10-9-13(24-32(3,28)29)12-17(16)33(30,31)25-21;;/h5-10,12,24,26,30-31H,4,11H2,1-3H3,(H,23,25);;/q;+1;-1. The summed E-state index contributed by atoms with van der Waals surface area (Å²) in [5.41, 5.74) is 0.526. The third-order valence-electron chi connectivity index (χ3n) is 5.78. The van der Waals surface area contributed by atoms with Gasteiger partial charge < -0.3 is 11.8 Å². The third kappa shape index (κ3) is 4.66. The Balaban J connectivity index is 0.00000216. The molecule has 0 saturated heterocycles. The molecule has 0 aromatic heterocycles. The van der Waals surface area contributed by atoms with Gasteiger partial charge in [-0.25, -0.2) is 8.42 Å². The Kier molecular flexibility index (Phi) is 7.32. The molecule has 0 bridgehead atoms. The SMILES string of the molecule is CCCC1(C)C(=O)C(C2=NS(O)(O)c3cc(NS(C)(=O)=O)ccc3N2)=C(O)c2ccccc21.[H-].[Na+]. The fourth-order valence-corrected chi connectivity index (χ4v) is 6.09. The van der Waals surface area contributed by atoms with Crippen molar-refractivity contribution in [1.29, 1.82) is 0 Å². The number of aliphatic hydroxyl groups is 1. The summed E-state index contributed by atoms with van der Waals surface area (Å²) in [4.78, 5) is 13.6. The molecule has 1 unspecified atom stereocenters. The van der Waals surface area contributed by atoms with Gasteiger partial charge in [-0.3, -0.25) is 18.6 Å². The maximum absolute atomic E-state index is 13.7. The van der Waals surface area contributed by atoms with Crippen molar-refractivity contribution in [2.45, 2.75) is 37.0 Å². The summed E-state index contributed by atoms with van der Waals surface area (Å²) in [5.74, 6) is -0.809. The van der Waals surface area contributed by atoms with Crippen molar-refractivity contribution in [2.24, 2.45) is 4.40 Å². The van der Waals surface area contributed by atoms with E-state index < -0.39 is 26.2 Å². The van der Waals surface area contributed by atoms with Crippen LogP contribution in [0.1, 0.15) is 39.2 Å². The van der Waals surface area contributed by atoms with Crippen molar-refractivity contribution in [3.63, 3.8) is 0 Å². The first kappa shape index (κ1) is 26.7. The smallest absolute Gasteiger partial charge is 1.00 e. The number of Topliss-reactive ketones (excluding diaryl/α,β-unsaturated/α-hetero) is 1. The molecule has 9 nitrogen and oxygen atoms in total. The van der Waals surface area contributed by atoms with E-state index in [-0.39, 0.29) is 70.2 Å². The van der Waals surface area contributed by atoms with E-state index in [9.17, 15) is 27.4 Å². The van der Waals surface area contributed by atoms with E-state index in [0.717, 1.165) is 12.7 Å². The molecule has 178 valence electrons. The summed E-state index contributed by atoms with van der Waals surface area (Å²) in [6.07, 6.45) is 2.23. The fourth-order valence-electron chi connectivity index (χ4n) is 4.34. The predicted molar refractivity (Wildman–Crippen MR) is 131 cm³/mol. The summed E-state index contributed by atoms with van der Waals surface area (Å²) >= 11 is 0. The van der Waals surface area contributed by atoms with E-state index in [1.807, 2.05) is 26.0 Å². The first-order valence-corrected chi connectivity index (χ1v) is 13.6. The minimum absolute atomic E-state index is 0. The second kappa shape index (κ2) is 9.30. The van der Waals surface area contributed by atoms with Crippen LogP contribution >= 0.6 is 10.8 Å². The largest absolute Gasteiger partial charge is 1.00 e. The molecular weight excluding hydrogens is 489 g/mol. The van der Waals surface area contributed by atoms with Crippen molar-refractivity contribution in [3.05, 3.63) is 59.2 Å². The molecule has 0 spiro atoms. The van der Waals surface area contributed by atoms with Gasteiger partial charge in [0.25, 0.3) is 0 Å². The van der Waals surface area contributed by atoms with Crippen LogP contribution in [0.15, 0.2) is 57.3 Å². The van der Waals surface area contributed by atoms with Gasteiger partial charge in [0.1, 0.15) is 16.2 Å². The Bertz CT molecular complexity index is 1350. The molecule has 2 aromatic rings. The molecule has 1 atom stereocenters. The van der Waals surface area contributed by atoms with Crippen molar-refractivity contribution in [3.8, 4) is 0 Å². The van der Waals surface area contributed by atoms with Gasteiger partial charge in [-0.1, -0.05) is 48.4 Å². The average Bonchev–Trinajstić information content (AvgIpc) is 2.72. The summed E-state index contributed by atoms with van der Waals surface area (Å²) in [7, 11) is -7.38. The number of sulfonamides is 1. The molecule has 34 heavy (non-hydrogen) atoms. The number of fused-ring (bicyclic) bond motifs is 2. The normalized spacial score (nSPS) is 21.9. The monoisotopic (exact) mass is 515 g/mol. The van der Waals surface area contributed by atoms with Gasteiger partial charge in [-0.2, -0.15) is 0 Å². The Hall–Kier alpha value is -1.86. The van der Waals surface area contributed by atoms with Gasteiger partial charge in [0.15, 0.2) is 11.6 Å². The van der Waals surface area contributed by atoms with E-state index in [0.29, 0.717) is 17.5 Å². The number of hydrogen-bond donors (Lipinski definition) is 5. The first-order chi connectivity index (χ1) is 15.4. The van der Waals surface area contributed by atoms with E-state index >= 15 is 0 Å². The van der Waals surface area contributed by atoms with E-state index in [2.05, 4.69) is 14.4 Å². The van der Waals surface area contributed by atoms with Crippen LogP contribution in [0, 0.1) is 0 Å². The molecule has 1 aliphatic carbocycles. The number of hydrogen-bond acceptors (Lipinski definition) is 8. The summed E-state index contributed by atoms with van der Waals surface area (Å²) in [6, 6.07) is 11.3. The maximum Gasteiger partial charge on any atom is 1.00 e. The molecule has 0 fully saturated rings. The Labute approximate surface area is 223 Å². The molecule has 0 amide bonds. The number of amidine groups is 1. The number of anilines is 2. The maximum atomic E-state index is 13.7. The molecule has 12 heteroatoms. The fraction of sp³-hybridized carbons (Fsp3) is 0.273. The molecule has 2 aromatic carbocycles. The van der Waals surface area contributed by atoms with Crippen LogP contribution in [0.25, 0.3) is 5.76 Å². The van der Waals surface area contributed by atoms with Crippen molar-refractivity contribution in [1.82, 2.24) is 0 Å². The summed E-state index contributed by atoms with van der Waals surface area (Å²) in [6.45, 7) is 3.77. The van der Waals surface area contributed by atoms with Gasteiger partial charge in [0, 0.05) is 5.56 Å². The van der Waals surface area contributed by atoms with Gasteiger partial charge in [-0.15, -0.1) is 4.40 Å². The molecule has 0 radical (unpaired) electrons. The zero-order chi connectivity index (χ0) is 24.2. The van der Waals surface area contributed by atoms with Gasteiger partial charge >= 0.3 is 29.6 Å². The molecule has 5 N–H and O–H groups in total. The van der Waals surface area contributed by atoms with Gasteiger partial charge in [-0.05, 0) is 37.1 Å². The number of carbonyl (C=O) groups excluding carboxylic acids is 1. The number of aliphatic hydroxyl groups excluding tert-OH is 1. The molecule has 1 aliphatic heterocycles. The number of benzene rings is 2. The van der Waals surface area contributed by atoms with Gasteiger partial charge in [0.2, 0.25) is 10.0 Å². The number of ketones is 1. The molecule has 1 heterocycles. The summed E-state index contributed by atoms with van der Waals surface area (Å²) < 4.78 is 50.9. The van der Waals surface area contributed by atoms with Crippen LogP contribution < -0.4 is 39.6 Å². The summed E-state index contributed by atoms with van der Waals surface area (Å²) in [5, 5.41) is 14.0. The van der Waals surface area contributed by atoms with Crippen LogP contribution in [0.2, 0.25) is 0 Å². The molecule has 2 aliphatic rings. The zero-order valence-corrected chi connectivity index (χ0v) is 22.9. The zero-order valence-electron chi connectivity index (χ0n) is 20.3. The van der Waals surface area contributed by atoms with Crippen LogP contribution in [0.4, 0.5) is 11.4 Å². The predicted octanol–water partition coefficient (Wildman–Crippen LogP) is 1.63. The van der Waals surface area contributed by atoms with Crippen LogP contribution in [-0.2, 0) is 20.2 Å². The van der Waals surface area contributed by atoms with E-state index in [1.165, 1.54) is 18.2 Å². The quantitative estimate of drug-likeness (QED) is 0.380. The van der Waals surface area contributed by atoms with E-state index in [1.54, 1.807) is 12.1 Å². The Morgan fingerprint density at radius 1 is 1.21 bits per heavy atom. The van der Waals surface area contributed by atoms with E-state index in [4.69, 9.17) is 0 Å². The van der Waals surface area contributed by atoms with Crippen LogP contribution in [0.3, 0.4) is 0 Å². The second-order valence-electron chi connectivity index (χ2n) is 8.35. The number of rotatable bonds is 5. The van der Waals surface area contributed by atoms with Crippen molar-refractivity contribution in [2.75, 3.05) is 16.3 Å². The number of carbonyl (C=O) groups is 1. The number of nitrogens with zero attached hydrogens (tertiary/aromatic N) is 1. The van der Waals surface area contributed by atoms with Crippen molar-refractivity contribution >= 4 is 49.6 Å². The Morgan fingerprint density at radius 3 is 2.53 bits per heavy atom. The minimum atomic E-state index is -3.80. The average molecular weight is 516 g/mol. The van der Waals surface area contributed by atoms with Crippen LogP contribution in [0.5, 0.6) is 0 Å². The Morgan fingerprint density at radius 2 is 1.88 bits per heavy atom. The third-order valence-corrected chi connectivity index (χ3v) is 7.75. The van der Waals surface area contributed by atoms with Crippen LogP contribution in [-0.4, -0.2) is 40.5 Å². The molecule has 0 saturated carbocycles. The van der Waals surface area contributed by atoms with Crippen molar-refractivity contribution < 1.29 is 58.4 Å². The van der Waals surface area contributed by atoms with Gasteiger partial charge in [0.05, 0.1) is 23.0 Å².